The molecule has 0 aliphatic carbocycles. The smallest absolute Gasteiger partial charge is 0.123 e. The minimum atomic E-state index is -0.224. The highest BCUT2D eigenvalue weighted by Crippen LogP contribution is 2.28. The lowest BCUT2D eigenvalue weighted by atomic mass is 9.77. The van der Waals surface area contributed by atoms with Gasteiger partial charge >= 0.3 is 0 Å². The Kier molecular flexibility index (Phi) is 4.40. The summed E-state index contributed by atoms with van der Waals surface area (Å²) in [5.74, 6) is 0.613. The molecule has 0 spiro atoms. The SMILES string of the molecule is COc1ccc(CC(C)(CN)c2ccc(F)cc2)cc1. The molecular formula is C17H20FNO. The predicted octanol–water partition coefficient (Wildman–Crippen LogP) is 3.29. The first-order chi connectivity index (χ1) is 9.57. The van der Waals surface area contributed by atoms with Crippen LogP contribution in [-0.4, -0.2) is 13.7 Å². The van der Waals surface area contributed by atoms with Crippen molar-refractivity contribution in [2.45, 2.75) is 18.8 Å². The van der Waals surface area contributed by atoms with Crippen molar-refractivity contribution in [1.82, 2.24) is 0 Å². The van der Waals surface area contributed by atoms with E-state index in [1.807, 2.05) is 36.4 Å². The van der Waals surface area contributed by atoms with Gasteiger partial charge in [-0.3, -0.25) is 0 Å². The van der Waals surface area contributed by atoms with E-state index in [2.05, 4.69) is 6.92 Å². The first kappa shape index (κ1) is 14.5. The molecule has 2 N–H and O–H groups in total. The van der Waals surface area contributed by atoms with Crippen molar-refractivity contribution in [2.75, 3.05) is 13.7 Å². The van der Waals surface area contributed by atoms with Crippen molar-refractivity contribution in [1.29, 1.82) is 0 Å². The van der Waals surface area contributed by atoms with E-state index in [4.69, 9.17) is 10.5 Å². The molecule has 1 unspecified atom stereocenters. The zero-order chi connectivity index (χ0) is 14.6. The van der Waals surface area contributed by atoms with E-state index in [1.54, 1.807) is 7.11 Å². The monoisotopic (exact) mass is 273 g/mol. The van der Waals surface area contributed by atoms with Crippen molar-refractivity contribution >= 4 is 0 Å². The van der Waals surface area contributed by atoms with Gasteiger partial charge in [-0.2, -0.15) is 0 Å². The number of ether oxygens (including phenoxy) is 1. The van der Waals surface area contributed by atoms with Gasteiger partial charge in [-0.25, -0.2) is 4.39 Å². The Balaban J connectivity index is 2.23. The molecule has 0 fully saturated rings. The first-order valence-corrected chi connectivity index (χ1v) is 6.66. The fourth-order valence-corrected chi connectivity index (χ4v) is 2.34. The molecule has 1 atom stereocenters. The van der Waals surface area contributed by atoms with Crippen LogP contribution in [0.5, 0.6) is 5.75 Å². The fourth-order valence-electron chi connectivity index (χ4n) is 2.34. The fraction of sp³-hybridized carbons (Fsp3) is 0.294. The Hall–Kier alpha value is -1.87. The van der Waals surface area contributed by atoms with Crippen LogP contribution < -0.4 is 10.5 Å². The lowest BCUT2D eigenvalue weighted by Gasteiger charge is -2.29. The van der Waals surface area contributed by atoms with Gasteiger partial charge in [-0.1, -0.05) is 31.2 Å². The molecule has 2 aromatic carbocycles. The topological polar surface area (TPSA) is 35.2 Å². The van der Waals surface area contributed by atoms with Gasteiger partial charge < -0.3 is 10.5 Å². The molecule has 0 aromatic heterocycles. The average molecular weight is 273 g/mol. The Morgan fingerprint density at radius 1 is 1.05 bits per heavy atom. The zero-order valence-electron chi connectivity index (χ0n) is 11.9. The molecule has 0 saturated carbocycles. The summed E-state index contributed by atoms with van der Waals surface area (Å²) in [6.45, 7) is 2.61. The van der Waals surface area contributed by atoms with E-state index in [0.29, 0.717) is 6.54 Å². The minimum absolute atomic E-state index is 0.206. The van der Waals surface area contributed by atoms with Gasteiger partial charge in [-0.15, -0.1) is 0 Å². The Morgan fingerprint density at radius 2 is 1.65 bits per heavy atom. The molecule has 0 amide bonds. The van der Waals surface area contributed by atoms with Gasteiger partial charge in [0.05, 0.1) is 7.11 Å². The highest BCUT2D eigenvalue weighted by Gasteiger charge is 2.25. The summed E-state index contributed by atoms with van der Waals surface area (Å²) in [5, 5.41) is 0. The second-order valence-electron chi connectivity index (χ2n) is 5.30. The van der Waals surface area contributed by atoms with Crippen LogP contribution >= 0.6 is 0 Å². The van der Waals surface area contributed by atoms with Crippen LogP contribution in [-0.2, 0) is 11.8 Å². The van der Waals surface area contributed by atoms with Crippen molar-refractivity contribution in [3.8, 4) is 5.75 Å². The third-order valence-electron chi connectivity index (χ3n) is 3.75. The molecule has 0 aliphatic heterocycles. The summed E-state index contributed by atoms with van der Waals surface area (Å²) in [5.41, 5.74) is 7.99. The van der Waals surface area contributed by atoms with Gasteiger partial charge in [0.2, 0.25) is 0 Å². The molecule has 106 valence electrons. The molecule has 20 heavy (non-hydrogen) atoms. The van der Waals surface area contributed by atoms with Crippen molar-refractivity contribution < 1.29 is 9.13 Å². The van der Waals surface area contributed by atoms with Gasteiger partial charge in [-0.05, 0) is 41.8 Å². The molecule has 0 bridgehead atoms. The predicted molar refractivity (Wildman–Crippen MR) is 79.5 cm³/mol. The molecule has 0 radical (unpaired) electrons. The normalized spacial score (nSPS) is 13.8. The van der Waals surface area contributed by atoms with Gasteiger partial charge in [0.25, 0.3) is 0 Å². The maximum Gasteiger partial charge on any atom is 0.123 e. The van der Waals surface area contributed by atoms with Gasteiger partial charge in [0.15, 0.2) is 0 Å². The number of nitrogens with two attached hydrogens (primary N) is 1. The first-order valence-electron chi connectivity index (χ1n) is 6.66. The number of methoxy groups -OCH3 is 1. The lowest BCUT2D eigenvalue weighted by Crippen LogP contribution is -2.34. The third-order valence-corrected chi connectivity index (χ3v) is 3.75. The number of halogens is 1. The highest BCUT2D eigenvalue weighted by molar-refractivity contribution is 5.32. The molecule has 2 rings (SSSR count). The van der Waals surface area contributed by atoms with E-state index >= 15 is 0 Å². The summed E-state index contributed by atoms with van der Waals surface area (Å²) in [6.07, 6.45) is 0.805. The van der Waals surface area contributed by atoms with Crippen molar-refractivity contribution in [3.05, 3.63) is 65.5 Å². The Bertz CT molecular complexity index is 550. The molecule has 2 nitrogen and oxygen atoms in total. The van der Waals surface area contributed by atoms with Crippen molar-refractivity contribution in [2.24, 2.45) is 5.73 Å². The maximum atomic E-state index is 13.0. The number of hydrogen-bond donors (Lipinski definition) is 1. The maximum absolute atomic E-state index is 13.0. The van der Waals surface area contributed by atoms with Crippen LogP contribution in [0.3, 0.4) is 0 Å². The van der Waals surface area contributed by atoms with E-state index in [0.717, 1.165) is 17.7 Å². The molecule has 0 saturated heterocycles. The number of rotatable bonds is 5. The average Bonchev–Trinajstić information content (AvgIpc) is 2.48. The van der Waals surface area contributed by atoms with Crippen molar-refractivity contribution in [3.63, 3.8) is 0 Å². The highest BCUT2D eigenvalue weighted by atomic mass is 19.1. The quantitative estimate of drug-likeness (QED) is 0.907. The van der Waals surface area contributed by atoms with Crippen LogP contribution in [0, 0.1) is 5.82 Å². The van der Waals surface area contributed by atoms with Gasteiger partial charge in [0.1, 0.15) is 11.6 Å². The number of hydrogen-bond acceptors (Lipinski definition) is 2. The summed E-state index contributed by atoms with van der Waals surface area (Å²) in [6, 6.07) is 14.5. The van der Waals surface area contributed by atoms with Crippen LogP contribution in [0.1, 0.15) is 18.1 Å². The summed E-state index contributed by atoms with van der Waals surface area (Å²) >= 11 is 0. The Labute approximate surface area is 119 Å². The summed E-state index contributed by atoms with van der Waals surface area (Å²) in [4.78, 5) is 0. The lowest BCUT2D eigenvalue weighted by molar-refractivity contribution is 0.414. The van der Waals surface area contributed by atoms with Crippen LogP contribution in [0.2, 0.25) is 0 Å². The summed E-state index contributed by atoms with van der Waals surface area (Å²) < 4.78 is 18.2. The molecule has 0 aliphatic rings. The van der Waals surface area contributed by atoms with Crippen LogP contribution in [0.25, 0.3) is 0 Å². The third kappa shape index (κ3) is 3.17. The number of benzene rings is 2. The van der Waals surface area contributed by atoms with E-state index in [1.165, 1.54) is 17.7 Å². The second kappa shape index (κ2) is 6.06. The molecule has 3 heteroatoms. The standard InChI is InChI=1S/C17H20FNO/c1-17(12-19,14-5-7-15(18)8-6-14)11-13-3-9-16(20-2)10-4-13/h3-10H,11-12,19H2,1-2H3. The molecule has 2 aromatic rings. The van der Waals surface area contributed by atoms with Crippen LogP contribution in [0.15, 0.2) is 48.5 Å². The van der Waals surface area contributed by atoms with Crippen LogP contribution in [0.4, 0.5) is 4.39 Å². The largest absolute Gasteiger partial charge is 0.497 e. The molecular weight excluding hydrogens is 253 g/mol. The second-order valence-corrected chi connectivity index (χ2v) is 5.30. The Morgan fingerprint density at radius 3 is 2.15 bits per heavy atom. The van der Waals surface area contributed by atoms with E-state index in [-0.39, 0.29) is 11.2 Å². The molecule has 0 heterocycles. The van der Waals surface area contributed by atoms with E-state index in [9.17, 15) is 4.39 Å². The zero-order valence-corrected chi connectivity index (χ0v) is 11.9. The van der Waals surface area contributed by atoms with Gasteiger partial charge in [0, 0.05) is 12.0 Å². The van der Waals surface area contributed by atoms with E-state index < -0.39 is 0 Å². The minimum Gasteiger partial charge on any atom is -0.497 e. The summed E-state index contributed by atoms with van der Waals surface area (Å²) in [7, 11) is 1.65.